The van der Waals surface area contributed by atoms with Gasteiger partial charge in [-0.25, -0.2) is 9.97 Å². The van der Waals surface area contributed by atoms with Gasteiger partial charge in [-0.1, -0.05) is 0 Å². The van der Waals surface area contributed by atoms with E-state index in [1.165, 1.54) is 12.1 Å². The first-order valence-corrected chi connectivity index (χ1v) is 8.10. The lowest BCUT2D eigenvalue weighted by Gasteiger charge is -2.08. The van der Waals surface area contributed by atoms with Gasteiger partial charge >= 0.3 is 0 Å². The summed E-state index contributed by atoms with van der Waals surface area (Å²) in [5, 5.41) is 10.9. The van der Waals surface area contributed by atoms with Crippen LogP contribution in [0.25, 0.3) is 28.2 Å². The summed E-state index contributed by atoms with van der Waals surface area (Å²) in [7, 11) is 1.60. The zero-order valence-corrected chi connectivity index (χ0v) is 14.4. The van der Waals surface area contributed by atoms with Crippen LogP contribution in [0.1, 0.15) is 0 Å². The molecule has 0 fully saturated rings. The topological polar surface area (TPSA) is 109 Å². The van der Waals surface area contributed by atoms with E-state index in [0.29, 0.717) is 17.3 Å². The van der Waals surface area contributed by atoms with Crippen LogP contribution in [0.15, 0.2) is 60.8 Å². The zero-order valence-electron chi connectivity index (χ0n) is 14.4. The summed E-state index contributed by atoms with van der Waals surface area (Å²) in [6.45, 7) is 0. The Bertz CT molecular complexity index is 1130. The zero-order chi connectivity index (χ0) is 19.0. The average Bonchev–Trinajstić information content (AvgIpc) is 3.09. The van der Waals surface area contributed by atoms with Crippen molar-refractivity contribution in [3.63, 3.8) is 0 Å². The maximum atomic E-state index is 10.9. The summed E-state index contributed by atoms with van der Waals surface area (Å²) in [5.74, 6) is 1.04. The van der Waals surface area contributed by atoms with Crippen molar-refractivity contribution in [2.24, 2.45) is 0 Å². The van der Waals surface area contributed by atoms with Crippen LogP contribution in [-0.2, 0) is 0 Å². The molecule has 0 radical (unpaired) electrons. The lowest BCUT2D eigenvalue weighted by molar-refractivity contribution is -0.384. The number of nitro groups is 1. The van der Waals surface area contributed by atoms with Crippen molar-refractivity contribution in [1.29, 1.82) is 0 Å². The van der Waals surface area contributed by atoms with Crippen molar-refractivity contribution in [3.05, 3.63) is 70.9 Å². The van der Waals surface area contributed by atoms with Gasteiger partial charge in [-0.3, -0.25) is 14.5 Å². The van der Waals surface area contributed by atoms with Gasteiger partial charge < -0.3 is 10.5 Å². The van der Waals surface area contributed by atoms with E-state index in [1.807, 2.05) is 24.3 Å². The summed E-state index contributed by atoms with van der Waals surface area (Å²) in [5.41, 5.74) is 9.80. The number of non-ortho nitro benzene ring substituents is 1. The number of anilines is 1. The summed E-state index contributed by atoms with van der Waals surface area (Å²) in [4.78, 5) is 19.3. The maximum absolute atomic E-state index is 10.9. The first-order chi connectivity index (χ1) is 13.1. The van der Waals surface area contributed by atoms with Gasteiger partial charge in [0, 0.05) is 29.5 Å². The van der Waals surface area contributed by atoms with Crippen molar-refractivity contribution < 1.29 is 9.66 Å². The van der Waals surface area contributed by atoms with E-state index in [9.17, 15) is 10.1 Å². The number of rotatable bonds is 4. The van der Waals surface area contributed by atoms with E-state index in [4.69, 9.17) is 10.5 Å². The number of hydrogen-bond acceptors (Lipinski definition) is 6. The smallest absolute Gasteiger partial charge is 0.269 e. The number of fused-ring (bicyclic) bond motifs is 1. The molecular formula is C19H15N5O3. The highest BCUT2D eigenvalue weighted by Gasteiger charge is 2.18. The molecule has 2 aromatic carbocycles. The quantitative estimate of drug-likeness (QED) is 0.440. The molecule has 2 heterocycles. The number of nitrogen functional groups attached to an aromatic ring is 1. The molecular weight excluding hydrogens is 346 g/mol. The van der Waals surface area contributed by atoms with E-state index in [-0.39, 0.29) is 5.69 Å². The summed E-state index contributed by atoms with van der Waals surface area (Å²) >= 11 is 0. The van der Waals surface area contributed by atoms with Gasteiger partial charge in [-0.05, 0) is 42.5 Å². The first-order valence-electron chi connectivity index (χ1n) is 8.10. The maximum Gasteiger partial charge on any atom is 0.269 e. The number of hydrogen-bond donors (Lipinski definition) is 1. The molecule has 0 bridgehead atoms. The van der Waals surface area contributed by atoms with Crippen LogP contribution in [0.4, 0.5) is 11.6 Å². The number of methoxy groups -OCH3 is 1. The lowest BCUT2D eigenvalue weighted by atomic mass is 10.0. The monoisotopic (exact) mass is 361 g/mol. The third kappa shape index (κ3) is 2.82. The van der Waals surface area contributed by atoms with Gasteiger partial charge in [0.2, 0.25) is 5.95 Å². The second kappa shape index (κ2) is 6.41. The first kappa shape index (κ1) is 16.5. The average molecular weight is 361 g/mol. The number of imidazole rings is 1. The lowest BCUT2D eigenvalue weighted by Crippen LogP contribution is -2.01. The van der Waals surface area contributed by atoms with Crippen molar-refractivity contribution in [2.45, 2.75) is 0 Å². The Kier molecular flexibility index (Phi) is 3.92. The van der Waals surface area contributed by atoms with Crippen LogP contribution >= 0.6 is 0 Å². The fourth-order valence-electron chi connectivity index (χ4n) is 2.98. The SMILES string of the molecule is COc1ccc(-c2c(-c3ccc([N+](=O)[O-])cc3)nc3ccnc(N)n23)cc1. The Balaban J connectivity index is 1.96. The molecule has 2 aromatic heterocycles. The molecule has 0 aliphatic heterocycles. The van der Waals surface area contributed by atoms with Crippen LogP contribution in [0.2, 0.25) is 0 Å². The molecule has 0 aliphatic rings. The van der Waals surface area contributed by atoms with E-state index < -0.39 is 4.92 Å². The molecule has 2 N–H and O–H groups in total. The molecule has 134 valence electrons. The molecule has 0 unspecified atom stereocenters. The van der Waals surface area contributed by atoms with Crippen molar-refractivity contribution >= 4 is 17.3 Å². The summed E-state index contributed by atoms with van der Waals surface area (Å²) < 4.78 is 6.99. The molecule has 4 aromatic rings. The molecule has 0 atom stereocenters. The van der Waals surface area contributed by atoms with Crippen LogP contribution < -0.4 is 10.5 Å². The van der Waals surface area contributed by atoms with E-state index >= 15 is 0 Å². The van der Waals surface area contributed by atoms with Gasteiger partial charge in [0.25, 0.3) is 5.69 Å². The predicted molar refractivity (Wildman–Crippen MR) is 101 cm³/mol. The highest BCUT2D eigenvalue weighted by Crippen LogP contribution is 2.35. The van der Waals surface area contributed by atoms with Gasteiger partial charge in [0.05, 0.1) is 23.4 Å². The fourth-order valence-corrected chi connectivity index (χ4v) is 2.98. The standard InChI is InChI=1S/C19H15N5O3/c1-27-15-8-4-13(5-9-15)18-17(12-2-6-14(7-3-12)24(25)26)22-16-10-11-21-19(20)23(16)18/h2-11H,1H3,(H2,20,21). The van der Waals surface area contributed by atoms with Crippen LogP contribution in [-0.4, -0.2) is 26.4 Å². The molecule has 0 amide bonds. The number of ether oxygens (including phenoxy) is 1. The van der Waals surface area contributed by atoms with Crippen molar-refractivity contribution in [3.8, 4) is 28.3 Å². The number of nitrogens with zero attached hydrogens (tertiary/aromatic N) is 4. The largest absolute Gasteiger partial charge is 0.497 e. The normalized spacial score (nSPS) is 10.9. The van der Waals surface area contributed by atoms with Gasteiger partial charge in [-0.15, -0.1) is 0 Å². The van der Waals surface area contributed by atoms with Crippen LogP contribution in [0.3, 0.4) is 0 Å². The highest BCUT2D eigenvalue weighted by atomic mass is 16.6. The molecule has 0 spiro atoms. The Morgan fingerprint density at radius 2 is 1.70 bits per heavy atom. The number of aromatic nitrogens is 3. The Morgan fingerprint density at radius 3 is 2.33 bits per heavy atom. The molecule has 8 heteroatoms. The number of nitro benzene ring substituents is 1. The van der Waals surface area contributed by atoms with E-state index in [2.05, 4.69) is 9.97 Å². The molecule has 4 rings (SSSR count). The van der Waals surface area contributed by atoms with Crippen molar-refractivity contribution in [2.75, 3.05) is 12.8 Å². The van der Waals surface area contributed by atoms with E-state index in [0.717, 1.165) is 22.6 Å². The Hall–Kier alpha value is -3.94. The van der Waals surface area contributed by atoms with Crippen LogP contribution in [0, 0.1) is 10.1 Å². The minimum absolute atomic E-state index is 0.0229. The van der Waals surface area contributed by atoms with Gasteiger partial charge in [0.1, 0.15) is 11.4 Å². The number of nitrogens with two attached hydrogens (primary N) is 1. The van der Waals surface area contributed by atoms with Gasteiger partial charge in [0.15, 0.2) is 0 Å². The van der Waals surface area contributed by atoms with E-state index in [1.54, 1.807) is 35.9 Å². The molecule has 8 nitrogen and oxygen atoms in total. The fraction of sp³-hybridized carbons (Fsp3) is 0.0526. The molecule has 27 heavy (non-hydrogen) atoms. The second-order valence-corrected chi connectivity index (χ2v) is 5.84. The number of benzene rings is 2. The Labute approximate surface area is 154 Å². The highest BCUT2D eigenvalue weighted by molar-refractivity contribution is 5.83. The minimum Gasteiger partial charge on any atom is -0.497 e. The third-order valence-corrected chi connectivity index (χ3v) is 4.28. The Morgan fingerprint density at radius 1 is 1.04 bits per heavy atom. The van der Waals surface area contributed by atoms with Crippen LogP contribution in [0.5, 0.6) is 5.75 Å². The molecule has 0 saturated heterocycles. The summed E-state index contributed by atoms with van der Waals surface area (Å²) in [6, 6.07) is 15.5. The molecule has 0 saturated carbocycles. The third-order valence-electron chi connectivity index (χ3n) is 4.28. The summed E-state index contributed by atoms with van der Waals surface area (Å²) in [6.07, 6.45) is 1.59. The van der Waals surface area contributed by atoms with Crippen molar-refractivity contribution in [1.82, 2.24) is 14.4 Å². The second-order valence-electron chi connectivity index (χ2n) is 5.84. The molecule has 0 aliphatic carbocycles. The van der Waals surface area contributed by atoms with Gasteiger partial charge in [-0.2, -0.15) is 0 Å². The predicted octanol–water partition coefficient (Wildman–Crippen LogP) is 3.56. The minimum atomic E-state index is -0.431.